The van der Waals surface area contributed by atoms with Crippen molar-refractivity contribution in [3.05, 3.63) is 48.2 Å². The predicted molar refractivity (Wildman–Crippen MR) is 83.7 cm³/mol. The third-order valence-electron chi connectivity index (χ3n) is 4.06. The van der Waals surface area contributed by atoms with Gasteiger partial charge in [-0.15, -0.1) is 0 Å². The highest BCUT2D eigenvalue weighted by atomic mass is 16.7. The Labute approximate surface area is 133 Å². The Hall–Kier alpha value is -2.18. The minimum atomic E-state index is -0.978. The van der Waals surface area contributed by atoms with Gasteiger partial charge in [0.25, 0.3) is 0 Å². The Morgan fingerprint density at radius 3 is 2.65 bits per heavy atom. The lowest BCUT2D eigenvalue weighted by Gasteiger charge is -2.41. The van der Waals surface area contributed by atoms with E-state index in [1.165, 1.54) is 6.33 Å². The van der Waals surface area contributed by atoms with Crippen molar-refractivity contribution in [2.24, 2.45) is 5.41 Å². The van der Waals surface area contributed by atoms with E-state index in [0.29, 0.717) is 31.2 Å². The highest BCUT2D eigenvalue weighted by Gasteiger charge is 2.45. The van der Waals surface area contributed by atoms with Crippen LogP contribution in [0.25, 0.3) is 11.0 Å². The van der Waals surface area contributed by atoms with Crippen LogP contribution in [0.4, 0.5) is 0 Å². The largest absolute Gasteiger partial charge is 0.455 e. The van der Waals surface area contributed by atoms with Gasteiger partial charge in [-0.3, -0.25) is 5.10 Å². The zero-order chi connectivity index (χ0) is 15.9. The van der Waals surface area contributed by atoms with Gasteiger partial charge in [0.1, 0.15) is 17.7 Å². The molecule has 0 atom stereocenters. The van der Waals surface area contributed by atoms with E-state index in [0.717, 1.165) is 11.0 Å². The third kappa shape index (κ3) is 2.64. The van der Waals surface area contributed by atoms with E-state index >= 15 is 0 Å². The fraction of sp³-hybridized carbons (Fsp3) is 0.412. The van der Waals surface area contributed by atoms with Gasteiger partial charge in [0, 0.05) is 10.8 Å². The highest BCUT2D eigenvalue weighted by molar-refractivity contribution is 5.77. The molecule has 1 aliphatic heterocycles. The van der Waals surface area contributed by atoms with Crippen LogP contribution in [0.15, 0.2) is 41.1 Å². The Balaban J connectivity index is 1.75. The first-order chi connectivity index (χ1) is 11.1. The van der Waals surface area contributed by atoms with Crippen LogP contribution >= 0.6 is 0 Å². The lowest BCUT2D eigenvalue weighted by atomic mass is 9.93. The molecule has 1 aliphatic rings. The fourth-order valence-corrected chi connectivity index (χ4v) is 2.74. The van der Waals surface area contributed by atoms with Crippen molar-refractivity contribution in [1.82, 2.24) is 15.2 Å². The van der Waals surface area contributed by atoms with E-state index in [4.69, 9.17) is 13.9 Å². The van der Waals surface area contributed by atoms with Gasteiger partial charge in [-0.1, -0.05) is 32.0 Å². The average molecular weight is 313 g/mol. The number of nitrogens with one attached hydrogen (secondary N) is 1. The van der Waals surface area contributed by atoms with E-state index < -0.39 is 5.79 Å². The average Bonchev–Trinajstić information content (AvgIpc) is 3.19. The highest BCUT2D eigenvalue weighted by Crippen LogP contribution is 2.40. The summed E-state index contributed by atoms with van der Waals surface area (Å²) in [5.41, 5.74) is 0.785. The van der Waals surface area contributed by atoms with Gasteiger partial charge in [-0.2, -0.15) is 5.10 Å². The molecular weight excluding hydrogens is 294 g/mol. The van der Waals surface area contributed by atoms with E-state index in [2.05, 4.69) is 29.0 Å². The second-order valence-corrected chi connectivity index (χ2v) is 6.75. The zero-order valence-corrected chi connectivity index (χ0v) is 13.2. The van der Waals surface area contributed by atoms with Crippen LogP contribution in [0.2, 0.25) is 0 Å². The molecule has 3 heterocycles. The van der Waals surface area contributed by atoms with Gasteiger partial charge in [-0.25, -0.2) is 4.98 Å². The molecule has 0 bridgehead atoms. The van der Waals surface area contributed by atoms with Crippen molar-refractivity contribution in [3.63, 3.8) is 0 Å². The number of nitrogens with zero attached hydrogens (tertiary/aromatic N) is 2. The number of ether oxygens (including phenoxy) is 2. The standard InChI is InChI=1S/C17H19N3O3/c1-16(2)9-21-17(22-10-16,8-15-18-11-19-20-15)14-7-12-5-3-4-6-13(12)23-14/h3-7,11H,8-10H2,1-2H3,(H,18,19,20). The number of aromatic amines is 1. The number of rotatable bonds is 3. The van der Waals surface area contributed by atoms with Crippen molar-refractivity contribution in [2.75, 3.05) is 13.2 Å². The van der Waals surface area contributed by atoms with Crippen LogP contribution in [0.5, 0.6) is 0 Å². The molecule has 1 saturated heterocycles. The van der Waals surface area contributed by atoms with Crippen LogP contribution in [0, 0.1) is 5.41 Å². The Kier molecular flexibility index (Phi) is 3.25. The Morgan fingerprint density at radius 2 is 1.96 bits per heavy atom. The summed E-state index contributed by atoms with van der Waals surface area (Å²) in [6.45, 7) is 5.39. The van der Waals surface area contributed by atoms with Crippen LogP contribution in [-0.2, 0) is 21.7 Å². The maximum Gasteiger partial charge on any atom is 0.235 e. The first kappa shape index (κ1) is 14.4. The first-order valence-electron chi connectivity index (χ1n) is 7.68. The van der Waals surface area contributed by atoms with Crippen LogP contribution in [0.1, 0.15) is 25.4 Å². The van der Waals surface area contributed by atoms with Gasteiger partial charge in [0.15, 0.2) is 5.76 Å². The van der Waals surface area contributed by atoms with Gasteiger partial charge in [-0.05, 0) is 12.1 Å². The number of para-hydroxylation sites is 1. The number of aromatic nitrogens is 3. The molecular formula is C17H19N3O3. The molecule has 1 N–H and O–H groups in total. The van der Waals surface area contributed by atoms with Crippen LogP contribution < -0.4 is 0 Å². The smallest absolute Gasteiger partial charge is 0.235 e. The maximum atomic E-state index is 6.17. The number of H-pyrrole nitrogens is 1. The van der Waals surface area contributed by atoms with E-state index in [9.17, 15) is 0 Å². The van der Waals surface area contributed by atoms with E-state index in [1.54, 1.807) is 0 Å². The van der Waals surface area contributed by atoms with Gasteiger partial charge >= 0.3 is 0 Å². The Bertz CT molecular complexity index is 764. The lowest BCUT2D eigenvalue weighted by Crippen LogP contribution is -2.46. The SMILES string of the molecule is CC1(C)COC(Cc2ncn[nH]2)(c2cc3ccccc3o2)OC1. The summed E-state index contributed by atoms with van der Waals surface area (Å²) in [6, 6.07) is 9.86. The quantitative estimate of drug-likeness (QED) is 0.804. The topological polar surface area (TPSA) is 73.2 Å². The number of fused-ring (bicyclic) bond motifs is 1. The third-order valence-corrected chi connectivity index (χ3v) is 4.06. The number of hydrogen-bond acceptors (Lipinski definition) is 5. The van der Waals surface area contributed by atoms with Gasteiger partial charge in [0.05, 0.1) is 19.6 Å². The monoisotopic (exact) mass is 313 g/mol. The molecule has 2 aromatic heterocycles. The summed E-state index contributed by atoms with van der Waals surface area (Å²) in [5.74, 6) is 0.379. The maximum absolute atomic E-state index is 6.17. The number of hydrogen-bond donors (Lipinski definition) is 1. The molecule has 3 aromatic rings. The molecule has 0 unspecified atom stereocenters. The van der Waals surface area contributed by atoms with Crippen molar-refractivity contribution in [1.29, 1.82) is 0 Å². The van der Waals surface area contributed by atoms with Crippen molar-refractivity contribution >= 4 is 11.0 Å². The molecule has 1 aromatic carbocycles. The molecule has 23 heavy (non-hydrogen) atoms. The summed E-state index contributed by atoms with van der Waals surface area (Å²) < 4.78 is 18.3. The summed E-state index contributed by atoms with van der Waals surface area (Å²) in [4.78, 5) is 4.20. The molecule has 0 saturated carbocycles. The van der Waals surface area contributed by atoms with Crippen molar-refractivity contribution in [3.8, 4) is 0 Å². The van der Waals surface area contributed by atoms with E-state index in [1.807, 2.05) is 30.3 Å². The second kappa shape index (κ2) is 5.18. The second-order valence-electron chi connectivity index (χ2n) is 6.75. The number of furan rings is 1. The fourth-order valence-electron chi connectivity index (χ4n) is 2.74. The lowest BCUT2D eigenvalue weighted by molar-refractivity contribution is -0.315. The summed E-state index contributed by atoms with van der Waals surface area (Å²) >= 11 is 0. The molecule has 1 fully saturated rings. The van der Waals surface area contributed by atoms with Gasteiger partial charge in [0.2, 0.25) is 5.79 Å². The molecule has 6 heteroatoms. The summed E-state index contributed by atoms with van der Waals surface area (Å²) in [6.07, 6.45) is 1.90. The normalized spacial score (nSPS) is 19.9. The van der Waals surface area contributed by atoms with Crippen molar-refractivity contribution < 1.29 is 13.9 Å². The van der Waals surface area contributed by atoms with Crippen LogP contribution in [0.3, 0.4) is 0 Å². The van der Waals surface area contributed by atoms with Crippen LogP contribution in [-0.4, -0.2) is 28.4 Å². The zero-order valence-electron chi connectivity index (χ0n) is 13.2. The molecule has 4 rings (SSSR count). The number of benzene rings is 1. The predicted octanol–water partition coefficient (Wildman–Crippen LogP) is 3.02. The summed E-state index contributed by atoms with van der Waals surface area (Å²) in [5, 5.41) is 7.80. The molecule has 0 radical (unpaired) electrons. The minimum absolute atomic E-state index is 0.0308. The molecule has 120 valence electrons. The minimum Gasteiger partial charge on any atom is -0.455 e. The molecule has 0 amide bonds. The van der Waals surface area contributed by atoms with Gasteiger partial charge < -0.3 is 13.9 Å². The molecule has 0 spiro atoms. The molecule has 6 nitrogen and oxygen atoms in total. The first-order valence-corrected chi connectivity index (χ1v) is 7.68. The Morgan fingerprint density at radius 1 is 1.17 bits per heavy atom. The van der Waals surface area contributed by atoms with E-state index in [-0.39, 0.29) is 5.41 Å². The molecule has 0 aliphatic carbocycles. The van der Waals surface area contributed by atoms with Crippen molar-refractivity contribution in [2.45, 2.75) is 26.1 Å². The summed E-state index contributed by atoms with van der Waals surface area (Å²) in [7, 11) is 0.